The third kappa shape index (κ3) is 3.51. The maximum Gasteiger partial charge on any atom is 0.226 e. The van der Waals surface area contributed by atoms with E-state index >= 15 is 0 Å². The van der Waals surface area contributed by atoms with Crippen LogP contribution in [0.4, 0.5) is 11.8 Å². The molecule has 0 amide bonds. The van der Waals surface area contributed by atoms with Crippen molar-refractivity contribution < 1.29 is 8.42 Å². The molecule has 2 rings (SSSR count). The third-order valence-electron chi connectivity index (χ3n) is 2.43. The molecule has 2 heterocycles. The summed E-state index contributed by atoms with van der Waals surface area (Å²) < 4.78 is 21.6. The van der Waals surface area contributed by atoms with Crippen molar-refractivity contribution in [2.45, 2.75) is 6.42 Å². The number of anilines is 2. The minimum Gasteiger partial charge on any atom is -0.369 e. The van der Waals surface area contributed by atoms with Crippen molar-refractivity contribution in [2.24, 2.45) is 5.14 Å². The second kappa shape index (κ2) is 5.36. The minimum absolute atomic E-state index is 0.0709. The van der Waals surface area contributed by atoms with E-state index in [1.807, 2.05) is 0 Å². The van der Waals surface area contributed by atoms with Crippen LogP contribution in [0.25, 0.3) is 11.0 Å². The first-order valence-corrected chi connectivity index (χ1v) is 7.34. The zero-order chi connectivity index (χ0) is 13.9. The molecule has 5 N–H and O–H groups in total. The number of nitrogens with one attached hydrogen (secondary N) is 3. The van der Waals surface area contributed by atoms with Crippen molar-refractivity contribution in [3.8, 4) is 0 Å². The highest BCUT2D eigenvalue weighted by molar-refractivity contribution is 7.89. The Kier molecular flexibility index (Phi) is 3.81. The summed E-state index contributed by atoms with van der Waals surface area (Å²) in [5, 5.41) is 18.2. The second-order valence-electron chi connectivity index (χ2n) is 3.93. The fourth-order valence-corrected chi connectivity index (χ4v) is 2.11. The zero-order valence-electron chi connectivity index (χ0n) is 10.3. The molecule has 0 atom stereocenters. The lowest BCUT2D eigenvalue weighted by Crippen LogP contribution is -2.19. The number of nitrogens with two attached hydrogens (primary N) is 1. The van der Waals surface area contributed by atoms with Crippen LogP contribution in [0.15, 0.2) is 6.20 Å². The van der Waals surface area contributed by atoms with Crippen LogP contribution in [0.1, 0.15) is 6.42 Å². The third-order valence-corrected chi connectivity index (χ3v) is 3.29. The van der Waals surface area contributed by atoms with Gasteiger partial charge < -0.3 is 10.6 Å². The van der Waals surface area contributed by atoms with Crippen molar-refractivity contribution >= 4 is 32.8 Å². The number of fused-ring (bicyclic) bond motifs is 1. The van der Waals surface area contributed by atoms with Gasteiger partial charge in [-0.15, -0.1) is 0 Å². The summed E-state index contributed by atoms with van der Waals surface area (Å²) in [6.07, 6.45) is 2.01. The van der Waals surface area contributed by atoms with Gasteiger partial charge in [0.15, 0.2) is 5.65 Å². The number of hydrogen-bond acceptors (Lipinski definition) is 7. The van der Waals surface area contributed by atoms with Gasteiger partial charge in [0.1, 0.15) is 5.82 Å². The van der Waals surface area contributed by atoms with Gasteiger partial charge in [-0.05, 0) is 6.42 Å². The van der Waals surface area contributed by atoms with Crippen LogP contribution in [0.2, 0.25) is 0 Å². The molecule has 0 saturated heterocycles. The van der Waals surface area contributed by atoms with Crippen LogP contribution >= 0.6 is 0 Å². The molecule has 2 aromatic heterocycles. The van der Waals surface area contributed by atoms with Crippen LogP contribution in [-0.4, -0.2) is 47.9 Å². The SMILES string of the molecule is CNc1nc(NCCCS(N)(=O)=O)c2cn[nH]c2n1. The predicted molar refractivity (Wildman–Crippen MR) is 72.3 cm³/mol. The van der Waals surface area contributed by atoms with E-state index in [-0.39, 0.29) is 5.75 Å². The number of aromatic amines is 1. The highest BCUT2D eigenvalue weighted by Gasteiger charge is 2.09. The molecule has 10 heteroatoms. The molecule has 0 spiro atoms. The average Bonchev–Trinajstić information content (AvgIpc) is 2.81. The number of rotatable bonds is 6. The lowest BCUT2D eigenvalue weighted by atomic mass is 10.4. The summed E-state index contributed by atoms with van der Waals surface area (Å²) in [5.74, 6) is 0.974. The molecular weight excluding hydrogens is 270 g/mol. The molecular formula is C9H15N7O2S. The van der Waals surface area contributed by atoms with E-state index in [9.17, 15) is 8.42 Å². The fraction of sp³-hybridized carbons (Fsp3) is 0.444. The van der Waals surface area contributed by atoms with Crippen LogP contribution < -0.4 is 15.8 Å². The number of sulfonamides is 1. The second-order valence-corrected chi connectivity index (χ2v) is 5.66. The topological polar surface area (TPSA) is 139 Å². The molecule has 0 radical (unpaired) electrons. The Hall–Kier alpha value is -1.94. The molecule has 0 aliphatic carbocycles. The Morgan fingerprint density at radius 3 is 2.89 bits per heavy atom. The number of nitrogens with zero attached hydrogens (tertiary/aromatic N) is 3. The minimum atomic E-state index is -3.43. The van der Waals surface area contributed by atoms with Gasteiger partial charge in [0.25, 0.3) is 0 Å². The highest BCUT2D eigenvalue weighted by atomic mass is 32.2. The first-order valence-electron chi connectivity index (χ1n) is 5.63. The fourth-order valence-electron chi connectivity index (χ4n) is 1.56. The van der Waals surface area contributed by atoms with Crippen LogP contribution in [0, 0.1) is 0 Å². The van der Waals surface area contributed by atoms with Crippen molar-refractivity contribution in [3.63, 3.8) is 0 Å². The van der Waals surface area contributed by atoms with Gasteiger partial charge in [0.2, 0.25) is 16.0 Å². The molecule has 0 fully saturated rings. The monoisotopic (exact) mass is 285 g/mol. The van der Waals surface area contributed by atoms with Crippen molar-refractivity contribution in [3.05, 3.63) is 6.20 Å². The summed E-state index contributed by atoms with van der Waals surface area (Å²) in [6, 6.07) is 0. The first kappa shape index (κ1) is 13.5. The predicted octanol–water partition coefficient (Wildman–Crippen LogP) is -0.515. The lowest BCUT2D eigenvalue weighted by molar-refractivity contribution is 0.596. The maximum atomic E-state index is 10.8. The molecule has 0 saturated carbocycles. The van der Waals surface area contributed by atoms with E-state index in [0.29, 0.717) is 30.4 Å². The summed E-state index contributed by atoms with van der Waals surface area (Å²) in [6.45, 7) is 0.441. The van der Waals surface area contributed by atoms with E-state index in [2.05, 4.69) is 30.8 Å². The van der Waals surface area contributed by atoms with E-state index in [0.717, 1.165) is 5.39 Å². The van der Waals surface area contributed by atoms with Crippen molar-refractivity contribution in [1.82, 2.24) is 20.2 Å². The molecule has 0 bridgehead atoms. The maximum absolute atomic E-state index is 10.8. The van der Waals surface area contributed by atoms with Gasteiger partial charge in [0.05, 0.1) is 17.3 Å². The Bertz CT molecular complexity index is 666. The summed E-state index contributed by atoms with van der Waals surface area (Å²) in [5.41, 5.74) is 0.605. The Labute approximate surface area is 110 Å². The van der Waals surface area contributed by atoms with E-state index < -0.39 is 10.0 Å². The smallest absolute Gasteiger partial charge is 0.226 e. The summed E-state index contributed by atoms with van der Waals surface area (Å²) >= 11 is 0. The molecule has 19 heavy (non-hydrogen) atoms. The largest absolute Gasteiger partial charge is 0.369 e. The number of primary sulfonamides is 1. The molecule has 2 aromatic rings. The zero-order valence-corrected chi connectivity index (χ0v) is 11.2. The quantitative estimate of drug-likeness (QED) is 0.524. The van der Waals surface area contributed by atoms with Gasteiger partial charge in [0, 0.05) is 13.6 Å². The lowest BCUT2D eigenvalue weighted by Gasteiger charge is -2.07. The van der Waals surface area contributed by atoms with E-state index in [4.69, 9.17) is 5.14 Å². The van der Waals surface area contributed by atoms with Crippen molar-refractivity contribution in [2.75, 3.05) is 30.0 Å². The van der Waals surface area contributed by atoms with Gasteiger partial charge in [-0.2, -0.15) is 15.1 Å². The van der Waals surface area contributed by atoms with Gasteiger partial charge in [-0.25, -0.2) is 13.6 Å². The Morgan fingerprint density at radius 2 is 2.21 bits per heavy atom. The van der Waals surface area contributed by atoms with Gasteiger partial charge >= 0.3 is 0 Å². The molecule has 0 aromatic carbocycles. The number of H-pyrrole nitrogens is 1. The molecule has 0 unspecified atom stereocenters. The molecule has 104 valence electrons. The number of aromatic nitrogens is 4. The van der Waals surface area contributed by atoms with Gasteiger partial charge in [-0.1, -0.05) is 0 Å². The average molecular weight is 285 g/mol. The molecule has 0 aliphatic rings. The Balaban J connectivity index is 2.09. The normalized spacial score (nSPS) is 11.7. The number of hydrogen-bond donors (Lipinski definition) is 4. The van der Waals surface area contributed by atoms with Gasteiger partial charge in [-0.3, -0.25) is 5.10 Å². The summed E-state index contributed by atoms with van der Waals surface area (Å²) in [4.78, 5) is 8.44. The van der Waals surface area contributed by atoms with Crippen LogP contribution in [0.5, 0.6) is 0 Å². The van der Waals surface area contributed by atoms with Crippen LogP contribution in [0.3, 0.4) is 0 Å². The standard InChI is InChI=1S/C9H15N7O2S/c1-11-9-14-7(6-5-13-16-8(6)15-9)12-3-2-4-19(10,17)18/h5H,2-4H2,1H3,(H2,10,17,18)(H3,11,12,13,14,15,16). The summed E-state index contributed by atoms with van der Waals surface area (Å²) in [7, 11) is -1.72. The molecule has 9 nitrogen and oxygen atoms in total. The highest BCUT2D eigenvalue weighted by Crippen LogP contribution is 2.19. The van der Waals surface area contributed by atoms with Crippen LogP contribution in [-0.2, 0) is 10.0 Å². The van der Waals surface area contributed by atoms with E-state index in [1.54, 1.807) is 13.2 Å². The first-order chi connectivity index (χ1) is 8.99. The molecule has 0 aliphatic heterocycles. The van der Waals surface area contributed by atoms with E-state index in [1.165, 1.54) is 0 Å². The Morgan fingerprint density at radius 1 is 1.42 bits per heavy atom. The van der Waals surface area contributed by atoms with Crippen molar-refractivity contribution in [1.29, 1.82) is 0 Å².